The molecular weight excluding hydrogens is 308 g/mol. The molecule has 0 aliphatic heterocycles. The molecule has 3 atom stereocenters. The minimum absolute atomic E-state index is 0.0236. The first kappa shape index (κ1) is 17.7. The first-order valence-corrected chi connectivity index (χ1v) is 9.31. The zero-order chi connectivity index (χ0) is 17.6. The first-order valence-electron chi connectivity index (χ1n) is 9.31. The third-order valence-corrected chi connectivity index (χ3v) is 5.27. The summed E-state index contributed by atoms with van der Waals surface area (Å²) in [6.07, 6.45) is 3.85. The number of carbonyl (C=O) groups is 1. The van der Waals surface area contributed by atoms with E-state index in [1.165, 1.54) is 11.1 Å². The van der Waals surface area contributed by atoms with Crippen molar-refractivity contribution in [1.29, 1.82) is 0 Å². The van der Waals surface area contributed by atoms with Crippen molar-refractivity contribution in [2.45, 2.75) is 50.6 Å². The van der Waals surface area contributed by atoms with Crippen LogP contribution < -0.4 is 11.1 Å². The minimum Gasteiger partial charge on any atom is -0.352 e. The van der Waals surface area contributed by atoms with Crippen molar-refractivity contribution in [3.05, 3.63) is 71.8 Å². The molecule has 3 nitrogen and oxygen atoms in total. The van der Waals surface area contributed by atoms with Gasteiger partial charge in [-0.05, 0) is 37.3 Å². The van der Waals surface area contributed by atoms with Gasteiger partial charge in [-0.3, -0.25) is 4.79 Å². The highest BCUT2D eigenvalue weighted by Crippen LogP contribution is 2.29. The van der Waals surface area contributed by atoms with Crippen LogP contribution in [-0.4, -0.2) is 18.0 Å². The maximum atomic E-state index is 12.8. The van der Waals surface area contributed by atoms with Crippen molar-refractivity contribution in [3.8, 4) is 0 Å². The second-order valence-corrected chi connectivity index (χ2v) is 7.22. The molecule has 0 spiro atoms. The van der Waals surface area contributed by atoms with E-state index >= 15 is 0 Å². The zero-order valence-electron chi connectivity index (χ0n) is 14.9. The lowest BCUT2D eigenvalue weighted by Gasteiger charge is -2.30. The van der Waals surface area contributed by atoms with Gasteiger partial charge >= 0.3 is 0 Å². The van der Waals surface area contributed by atoms with Crippen molar-refractivity contribution in [2.75, 3.05) is 0 Å². The fourth-order valence-corrected chi connectivity index (χ4v) is 3.98. The topological polar surface area (TPSA) is 55.1 Å². The molecule has 0 heterocycles. The van der Waals surface area contributed by atoms with Gasteiger partial charge in [-0.1, -0.05) is 67.1 Å². The third-order valence-electron chi connectivity index (χ3n) is 5.27. The van der Waals surface area contributed by atoms with Crippen molar-refractivity contribution in [2.24, 2.45) is 11.7 Å². The number of amides is 1. The molecule has 2 aromatic carbocycles. The number of carbonyl (C=O) groups excluding carboxylic acids is 1. The fraction of sp³-hybridized carbons (Fsp3) is 0.409. The summed E-state index contributed by atoms with van der Waals surface area (Å²) in [5.41, 5.74) is 8.50. The summed E-state index contributed by atoms with van der Waals surface area (Å²) in [6, 6.07) is 21.0. The van der Waals surface area contributed by atoms with E-state index in [0.717, 1.165) is 25.7 Å². The van der Waals surface area contributed by atoms with Crippen molar-refractivity contribution < 1.29 is 4.79 Å². The molecule has 1 amide bonds. The summed E-state index contributed by atoms with van der Waals surface area (Å²) < 4.78 is 0. The Balaban J connectivity index is 1.78. The van der Waals surface area contributed by atoms with Crippen LogP contribution >= 0.6 is 0 Å². The highest BCUT2D eigenvalue weighted by atomic mass is 16.1. The van der Waals surface area contributed by atoms with Gasteiger partial charge in [0.15, 0.2) is 0 Å². The summed E-state index contributed by atoms with van der Waals surface area (Å²) >= 11 is 0. The lowest BCUT2D eigenvalue weighted by molar-refractivity contribution is -0.126. The number of nitrogens with one attached hydrogen (secondary N) is 1. The van der Waals surface area contributed by atoms with Gasteiger partial charge in [-0.25, -0.2) is 0 Å². The first-order chi connectivity index (χ1) is 12.1. The second-order valence-electron chi connectivity index (χ2n) is 7.22. The number of hydrogen-bond acceptors (Lipinski definition) is 2. The van der Waals surface area contributed by atoms with Gasteiger partial charge in [0.05, 0.1) is 0 Å². The van der Waals surface area contributed by atoms with E-state index in [4.69, 9.17) is 5.73 Å². The normalized spacial score (nSPS) is 21.7. The highest BCUT2D eigenvalue weighted by Gasteiger charge is 2.29. The zero-order valence-corrected chi connectivity index (χ0v) is 14.9. The Morgan fingerprint density at radius 2 is 1.56 bits per heavy atom. The van der Waals surface area contributed by atoms with Gasteiger partial charge < -0.3 is 11.1 Å². The monoisotopic (exact) mass is 336 g/mol. The van der Waals surface area contributed by atoms with Crippen molar-refractivity contribution >= 4 is 5.91 Å². The molecule has 1 fully saturated rings. The largest absolute Gasteiger partial charge is 0.352 e. The maximum absolute atomic E-state index is 12.8. The average Bonchev–Trinajstić information content (AvgIpc) is 2.63. The summed E-state index contributed by atoms with van der Waals surface area (Å²) in [6.45, 7) is 2.10. The van der Waals surface area contributed by atoms with Crippen molar-refractivity contribution in [1.82, 2.24) is 5.32 Å². The summed E-state index contributed by atoms with van der Waals surface area (Å²) in [5, 5.41) is 3.27. The molecule has 3 rings (SSSR count). The second kappa shape index (κ2) is 8.30. The number of rotatable bonds is 5. The molecule has 0 bridgehead atoms. The van der Waals surface area contributed by atoms with Crippen LogP contribution in [0.3, 0.4) is 0 Å². The van der Waals surface area contributed by atoms with E-state index in [1.54, 1.807) is 0 Å². The Morgan fingerprint density at radius 1 is 1.00 bits per heavy atom. The van der Waals surface area contributed by atoms with E-state index < -0.39 is 0 Å². The van der Waals surface area contributed by atoms with Crippen molar-refractivity contribution in [3.63, 3.8) is 0 Å². The molecule has 3 N–H and O–H groups in total. The average molecular weight is 336 g/mol. The van der Waals surface area contributed by atoms with Gasteiger partial charge in [0, 0.05) is 23.9 Å². The molecule has 25 heavy (non-hydrogen) atoms. The molecule has 1 saturated carbocycles. The predicted octanol–water partition coefficient (Wildman–Crippen LogP) is 3.84. The van der Waals surface area contributed by atoms with Gasteiger partial charge in [0.25, 0.3) is 0 Å². The predicted molar refractivity (Wildman–Crippen MR) is 102 cm³/mol. The van der Waals surface area contributed by atoms with E-state index in [-0.39, 0.29) is 29.8 Å². The Morgan fingerprint density at radius 3 is 2.08 bits per heavy atom. The molecule has 3 heteroatoms. The van der Waals surface area contributed by atoms with E-state index in [2.05, 4.69) is 60.8 Å². The molecule has 0 saturated heterocycles. The number of nitrogens with two attached hydrogens (primary N) is 1. The van der Waals surface area contributed by atoms with Crippen LogP contribution in [-0.2, 0) is 4.79 Å². The quantitative estimate of drug-likeness (QED) is 0.871. The Bertz CT molecular complexity index is 631. The van der Waals surface area contributed by atoms with E-state index in [1.807, 2.05) is 12.1 Å². The van der Waals surface area contributed by atoms with Crippen LogP contribution in [0.5, 0.6) is 0 Å². The number of benzene rings is 2. The summed E-state index contributed by atoms with van der Waals surface area (Å²) in [4.78, 5) is 12.8. The van der Waals surface area contributed by atoms with Crippen LogP contribution in [0, 0.1) is 5.92 Å². The standard InChI is InChI=1S/C22H28N2O/c1-16(24-22(25)19-13-8-14-20(23)15-19)21(17-9-4-2-5-10-17)18-11-6-3-7-12-18/h2-7,9-12,16,19-21H,8,13-15,23H2,1H3,(H,24,25). The van der Waals surface area contributed by atoms with Crippen LogP contribution in [0.15, 0.2) is 60.7 Å². The molecular formula is C22H28N2O. The van der Waals surface area contributed by atoms with E-state index in [9.17, 15) is 4.79 Å². The van der Waals surface area contributed by atoms with Crippen LogP contribution in [0.25, 0.3) is 0 Å². The lowest BCUT2D eigenvalue weighted by Crippen LogP contribution is -2.43. The molecule has 1 aliphatic rings. The smallest absolute Gasteiger partial charge is 0.223 e. The van der Waals surface area contributed by atoms with E-state index in [0.29, 0.717) is 0 Å². The maximum Gasteiger partial charge on any atom is 0.223 e. The number of hydrogen-bond donors (Lipinski definition) is 2. The van der Waals surface area contributed by atoms with Gasteiger partial charge in [0.1, 0.15) is 0 Å². The summed E-state index contributed by atoms with van der Waals surface area (Å²) in [5.74, 6) is 0.349. The Kier molecular flexibility index (Phi) is 5.87. The lowest BCUT2D eigenvalue weighted by atomic mass is 9.83. The Hall–Kier alpha value is -2.13. The molecule has 2 aromatic rings. The van der Waals surface area contributed by atoms with Gasteiger partial charge in [-0.15, -0.1) is 0 Å². The highest BCUT2D eigenvalue weighted by molar-refractivity contribution is 5.79. The summed E-state index contributed by atoms with van der Waals surface area (Å²) in [7, 11) is 0. The van der Waals surface area contributed by atoms with Gasteiger partial charge in [0.2, 0.25) is 5.91 Å². The molecule has 3 unspecified atom stereocenters. The van der Waals surface area contributed by atoms with Crippen LogP contribution in [0.1, 0.15) is 49.7 Å². The van der Waals surface area contributed by atoms with Crippen LogP contribution in [0.2, 0.25) is 0 Å². The fourth-order valence-electron chi connectivity index (χ4n) is 3.98. The van der Waals surface area contributed by atoms with Gasteiger partial charge in [-0.2, -0.15) is 0 Å². The molecule has 132 valence electrons. The minimum atomic E-state index is 0.0236. The molecule has 0 radical (unpaired) electrons. The molecule has 0 aromatic heterocycles. The third kappa shape index (κ3) is 4.49. The SMILES string of the molecule is CC(NC(=O)C1CCCC(N)C1)C(c1ccccc1)c1ccccc1. The Labute approximate surface area is 150 Å². The van der Waals surface area contributed by atoms with Crippen LogP contribution in [0.4, 0.5) is 0 Å². The molecule has 1 aliphatic carbocycles.